The Balaban J connectivity index is 1.59. The molecule has 0 spiro atoms. The van der Waals surface area contributed by atoms with Crippen LogP contribution in [0.4, 0.5) is 0 Å². The van der Waals surface area contributed by atoms with Crippen LogP contribution in [0.15, 0.2) is 36.4 Å². The summed E-state index contributed by atoms with van der Waals surface area (Å²) < 4.78 is 32.5. The number of ether oxygens (including phenoxy) is 1. The van der Waals surface area contributed by atoms with Gasteiger partial charge in [-0.15, -0.1) is 0 Å². The fourth-order valence-electron chi connectivity index (χ4n) is 4.15. The smallest absolute Gasteiger partial charge is 0.223 e. The molecule has 9 heteroatoms. The zero-order valence-electron chi connectivity index (χ0n) is 19.1. The summed E-state index contributed by atoms with van der Waals surface area (Å²) in [7, 11) is -1.90. The van der Waals surface area contributed by atoms with Crippen LogP contribution in [0, 0.1) is 12.8 Å². The van der Waals surface area contributed by atoms with E-state index in [-0.39, 0.29) is 23.6 Å². The van der Waals surface area contributed by atoms with Crippen LogP contribution < -0.4 is 10.1 Å². The number of amides is 1. The van der Waals surface area contributed by atoms with E-state index in [1.165, 1.54) is 4.31 Å². The van der Waals surface area contributed by atoms with Crippen molar-refractivity contribution in [3.63, 3.8) is 0 Å². The van der Waals surface area contributed by atoms with Gasteiger partial charge in [0.25, 0.3) is 0 Å². The molecule has 1 amide bonds. The minimum atomic E-state index is -3.54. The molecule has 0 unspecified atom stereocenters. The molecule has 1 fully saturated rings. The summed E-state index contributed by atoms with van der Waals surface area (Å²) in [6.07, 6.45) is 1.72. The minimum absolute atomic E-state index is 0.0342. The average Bonchev–Trinajstić information content (AvgIpc) is 2.79. The van der Waals surface area contributed by atoms with E-state index in [9.17, 15) is 13.2 Å². The number of nitrogens with zero attached hydrogens (tertiary/aromatic N) is 1. The van der Waals surface area contributed by atoms with Crippen LogP contribution in [0.2, 0.25) is 10.0 Å². The van der Waals surface area contributed by atoms with Crippen molar-refractivity contribution in [2.75, 3.05) is 20.2 Å². The second-order valence-electron chi connectivity index (χ2n) is 8.36. The molecule has 1 heterocycles. The maximum absolute atomic E-state index is 12.9. The number of hydrogen-bond donors (Lipinski definition) is 1. The molecular formula is C24H30Cl2N2O4S. The summed E-state index contributed by atoms with van der Waals surface area (Å²) in [5.74, 6) is 0.375. The number of aryl methyl sites for hydroxylation is 1. The number of methoxy groups -OCH3 is 1. The van der Waals surface area contributed by atoms with Crippen LogP contribution in [-0.2, 0) is 20.6 Å². The number of carbonyl (C=O) groups excluding carboxylic acids is 1. The number of rotatable bonds is 8. The quantitative estimate of drug-likeness (QED) is 0.532. The van der Waals surface area contributed by atoms with Crippen molar-refractivity contribution in [2.45, 2.75) is 44.9 Å². The van der Waals surface area contributed by atoms with E-state index in [2.05, 4.69) is 5.32 Å². The number of piperidine rings is 1. The van der Waals surface area contributed by atoms with Gasteiger partial charge in [-0.25, -0.2) is 12.7 Å². The third-order valence-electron chi connectivity index (χ3n) is 6.12. The summed E-state index contributed by atoms with van der Waals surface area (Å²) in [4.78, 5) is 12.9. The van der Waals surface area contributed by atoms with Crippen LogP contribution in [-0.4, -0.2) is 38.8 Å². The van der Waals surface area contributed by atoms with Crippen molar-refractivity contribution in [3.05, 3.63) is 63.1 Å². The number of carbonyl (C=O) groups is 1. The monoisotopic (exact) mass is 512 g/mol. The molecular weight excluding hydrogens is 483 g/mol. The van der Waals surface area contributed by atoms with Gasteiger partial charge in [0.2, 0.25) is 15.9 Å². The Morgan fingerprint density at radius 2 is 1.88 bits per heavy atom. The number of hydrogen-bond acceptors (Lipinski definition) is 4. The molecule has 0 bridgehead atoms. The summed E-state index contributed by atoms with van der Waals surface area (Å²) in [6, 6.07) is 10.6. The summed E-state index contributed by atoms with van der Waals surface area (Å²) in [6.45, 7) is 4.62. The zero-order chi connectivity index (χ0) is 24.2. The molecule has 1 aliphatic rings. The normalized spacial score (nSPS) is 16.4. The fraction of sp³-hybridized carbons (Fsp3) is 0.458. The lowest BCUT2D eigenvalue weighted by atomic mass is 9.95. The van der Waals surface area contributed by atoms with E-state index in [0.717, 1.165) is 23.3 Å². The van der Waals surface area contributed by atoms with Crippen molar-refractivity contribution >= 4 is 39.1 Å². The number of benzene rings is 2. The molecule has 1 saturated heterocycles. The highest BCUT2D eigenvalue weighted by Crippen LogP contribution is 2.28. The van der Waals surface area contributed by atoms with Crippen molar-refractivity contribution in [1.82, 2.24) is 9.62 Å². The fourth-order valence-corrected chi connectivity index (χ4v) is 6.30. The second-order valence-corrected chi connectivity index (χ2v) is 11.2. The van der Waals surface area contributed by atoms with Crippen molar-refractivity contribution in [2.24, 2.45) is 5.92 Å². The molecule has 3 rings (SSSR count). The molecule has 0 radical (unpaired) electrons. The minimum Gasteiger partial charge on any atom is -0.496 e. The Kier molecular flexibility index (Phi) is 8.67. The van der Waals surface area contributed by atoms with E-state index in [1.807, 2.05) is 32.0 Å². The van der Waals surface area contributed by atoms with Crippen LogP contribution in [0.3, 0.4) is 0 Å². The standard InChI is InChI=1S/C24H30Cl2N2O4S/c1-4-22(18-6-8-23(32-3)16(2)13-18)27-24(29)17-9-11-28(12-10-17)33(30,31)15-19-5-7-20(25)14-21(19)26/h5-8,13-14,17,22H,4,9-12,15H2,1-3H3,(H,27,29)/t22-/m0/s1. The van der Waals surface area contributed by atoms with Crippen LogP contribution in [0.1, 0.15) is 48.9 Å². The molecule has 33 heavy (non-hydrogen) atoms. The Labute approximate surface area is 206 Å². The van der Waals surface area contributed by atoms with Gasteiger partial charge in [0, 0.05) is 29.1 Å². The predicted molar refractivity (Wildman–Crippen MR) is 132 cm³/mol. The molecule has 2 aromatic carbocycles. The lowest BCUT2D eigenvalue weighted by Gasteiger charge is -2.31. The van der Waals surface area contributed by atoms with Crippen LogP contribution in [0.25, 0.3) is 0 Å². The maximum Gasteiger partial charge on any atom is 0.223 e. The molecule has 6 nitrogen and oxygen atoms in total. The summed E-state index contributed by atoms with van der Waals surface area (Å²) >= 11 is 12.1. The Hall–Kier alpha value is -1.80. The third kappa shape index (κ3) is 6.41. The average molecular weight is 513 g/mol. The van der Waals surface area contributed by atoms with Gasteiger partial charge in [0.15, 0.2) is 0 Å². The summed E-state index contributed by atoms with van der Waals surface area (Å²) in [5.41, 5.74) is 2.56. The van der Waals surface area contributed by atoms with E-state index >= 15 is 0 Å². The number of nitrogens with one attached hydrogen (secondary N) is 1. The van der Waals surface area contributed by atoms with E-state index in [4.69, 9.17) is 27.9 Å². The van der Waals surface area contributed by atoms with Gasteiger partial charge in [0.1, 0.15) is 5.75 Å². The van der Waals surface area contributed by atoms with Crippen molar-refractivity contribution in [1.29, 1.82) is 0 Å². The third-order valence-corrected chi connectivity index (χ3v) is 8.53. The van der Waals surface area contributed by atoms with Gasteiger partial charge in [0.05, 0.1) is 18.9 Å². The van der Waals surface area contributed by atoms with Gasteiger partial charge >= 0.3 is 0 Å². The van der Waals surface area contributed by atoms with Crippen molar-refractivity contribution in [3.8, 4) is 5.75 Å². The highest BCUT2D eigenvalue weighted by Gasteiger charge is 2.32. The molecule has 1 atom stereocenters. The SMILES string of the molecule is CC[C@H](NC(=O)C1CCN(S(=O)(=O)Cc2ccc(Cl)cc2Cl)CC1)c1ccc(OC)c(C)c1. The number of sulfonamides is 1. The lowest BCUT2D eigenvalue weighted by molar-refractivity contribution is -0.126. The first kappa shape index (κ1) is 25.8. The second kappa shape index (κ2) is 11.1. The molecule has 0 aromatic heterocycles. The van der Waals surface area contributed by atoms with E-state index in [1.54, 1.807) is 25.3 Å². The van der Waals surface area contributed by atoms with Gasteiger partial charge in [-0.3, -0.25) is 4.79 Å². The lowest BCUT2D eigenvalue weighted by Crippen LogP contribution is -2.44. The highest BCUT2D eigenvalue weighted by molar-refractivity contribution is 7.88. The topological polar surface area (TPSA) is 75.7 Å². The maximum atomic E-state index is 12.9. The van der Waals surface area contributed by atoms with Crippen molar-refractivity contribution < 1.29 is 17.9 Å². The summed E-state index contributed by atoms with van der Waals surface area (Å²) in [5, 5.41) is 3.94. The molecule has 180 valence electrons. The molecule has 0 aliphatic carbocycles. The van der Waals surface area contributed by atoms with E-state index < -0.39 is 10.0 Å². The zero-order valence-corrected chi connectivity index (χ0v) is 21.4. The Morgan fingerprint density at radius 1 is 1.18 bits per heavy atom. The van der Waals surface area contributed by atoms with Gasteiger partial charge in [-0.2, -0.15) is 0 Å². The Morgan fingerprint density at radius 3 is 2.45 bits per heavy atom. The van der Waals surface area contributed by atoms with Crippen LogP contribution in [0.5, 0.6) is 5.75 Å². The predicted octanol–water partition coefficient (Wildman–Crippen LogP) is 5.12. The number of halogens is 2. The first-order valence-corrected chi connectivity index (χ1v) is 13.4. The molecule has 1 N–H and O–H groups in total. The molecule has 2 aromatic rings. The van der Waals surface area contributed by atoms with E-state index in [0.29, 0.717) is 41.5 Å². The molecule has 1 aliphatic heterocycles. The largest absolute Gasteiger partial charge is 0.496 e. The van der Waals surface area contributed by atoms with Gasteiger partial charge in [-0.05, 0) is 61.1 Å². The van der Waals surface area contributed by atoms with Gasteiger partial charge < -0.3 is 10.1 Å². The Bertz CT molecular complexity index is 1100. The highest BCUT2D eigenvalue weighted by atomic mass is 35.5. The first-order chi connectivity index (χ1) is 15.6. The first-order valence-electron chi connectivity index (χ1n) is 11.0. The van der Waals surface area contributed by atoms with Gasteiger partial charge in [-0.1, -0.05) is 48.3 Å². The molecule has 0 saturated carbocycles. The van der Waals surface area contributed by atoms with Crippen LogP contribution >= 0.6 is 23.2 Å².